The van der Waals surface area contributed by atoms with Gasteiger partial charge in [-0.1, -0.05) is 0 Å². The molecule has 4 nitrogen and oxygen atoms in total. The number of nitrogens with one attached hydrogen (secondary N) is 1. The van der Waals surface area contributed by atoms with E-state index in [1.807, 2.05) is 11.9 Å². The zero-order valence-electron chi connectivity index (χ0n) is 12.8. The molecule has 0 saturated carbocycles. The summed E-state index contributed by atoms with van der Waals surface area (Å²) in [6.45, 7) is 6.25. The Kier molecular flexibility index (Phi) is 4.06. The molecule has 7 heteroatoms. The molecular formula is C14H21F3N4. The number of hydrogen-bond donors (Lipinski definition) is 1. The minimum absolute atomic E-state index is 0.103. The Hall–Kier alpha value is -1.50. The van der Waals surface area contributed by atoms with Crippen LogP contribution in [-0.4, -0.2) is 49.2 Å². The number of halogens is 3. The van der Waals surface area contributed by atoms with Gasteiger partial charge in [0.1, 0.15) is 11.6 Å². The van der Waals surface area contributed by atoms with Crippen molar-refractivity contribution in [3.63, 3.8) is 0 Å². The van der Waals surface area contributed by atoms with Crippen LogP contribution in [0.5, 0.6) is 0 Å². The maximum Gasteiger partial charge on any atom is 0.416 e. The Labute approximate surface area is 122 Å². The third kappa shape index (κ3) is 3.40. The molecule has 0 unspecified atom stereocenters. The Bertz CT molecular complexity index is 513. The summed E-state index contributed by atoms with van der Waals surface area (Å²) in [7, 11) is 3.59. The molecule has 0 bridgehead atoms. The number of aromatic nitrogens is 1. The topological polar surface area (TPSA) is 31.4 Å². The maximum atomic E-state index is 13.0. The number of nitrogens with zero attached hydrogens (tertiary/aromatic N) is 3. The van der Waals surface area contributed by atoms with Gasteiger partial charge in [0.15, 0.2) is 0 Å². The van der Waals surface area contributed by atoms with Crippen molar-refractivity contribution in [1.29, 1.82) is 0 Å². The van der Waals surface area contributed by atoms with Gasteiger partial charge in [0, 0.05) is 32.2 Å². The maximum absolute atomic E-state index is 13.0. The highest BCUT2D eigenvalue weighted by atomic mass is 19.4. The molecule has 0 aliphatic carbocycles. The molecule has 0 atom stereocenters. The lowest BCUT2D eigenvalue weighted by Crippen LogP contribution is -2.57. The quantitative estimate of drug-likeness (QED) is 0.910. The van der Waals surface area contributed by atoms with Gasteiger partial charge in [-0.25, -0.2) is 4.98 Å². The van der Waals surface area contributed by atoms with Gasteiger partial charge in [-0.05, 0) is 33.0 Å². The first-order chi connectivity index (χ1) is 9.63. The summed E-state index contributed by atoms with van der Waals surface area (Å²) in [5.41, 5.74) is -0.776. The van der Waals surface area contributed by atoms with Gasteiger partial charge >= 0.3 is 6.18 Å². The molecule has 1 saturated heterocycles. The van der Waals surface area contributed by atoms with Crippen LogP contribution < -0.4 is 10.2 Å². The molecular weight excluding hydrogens is 281 g/mol. The number of hydrogen-bond acceptors (Lipinski definition) is 4. The smallest absolute Gasteiger partial charge is 0.373 e. The van der Waals surface area contributed by atoms with E-state index >= 15 is 0 Å². The van der Waals surface area contributed by atoms with Crippen molar-refractivity contribution in [3.8, 4) is 0 Å². The number of piperazine rings is 1. The third-order valence-electron chi connectivity index (χ3n) is 4.04. The van der Waals surface area contributed by atoms with E-state index in [0.29, 0.717) is 18.9 Å². The van der Waals surface area contributed by atoms with Crippen molar-refractivity contribution in [1.82, 2.24) is 9.88 Å². The Morgan fingerprint density at radius 1 is 1.24 bits per heavy atom. The summed E-state index contributed by atoms with van der Waals surface area (Å²) in [6, 6.07) is 2.16. The third-order valence-corrected chi connectivity index (χ3v) is 4.04. The molecule has 2 rings (SSSR count). The van der Waals surface area contributed by atoms with E-state index in [1.54, 1.807) is 7.05 Å². The van der Waals surface area contributed by atoms with Crippen LogP contribution in [0.4, 0.5) is 24.8 Å². The molecule has 21 heavy (non-hydrogen) atoms. The van der Waals surface area contributed by atoms with Gasteiger partial charge in [0.25, 0.3) is 0 Å². The molecule has 0 amide bonds. The van der Waals surface area contributed by atoms with E-state index in [4.69, 9.17) is 0 Å². The first-order valence-corrected chi connectivity index (χ1v) is 6.87. The summed E-state index contributed by atoms with van der Waals surface area (Å²) in [5, 5.41) is 2.70. The Balaban J connectivity index is 2.35. The lowest BCUT2D eigenvalue weighted by Gasteiger charge is -2.45. The first kappa shape index (κ1) is 15.9. The lowest BCUT2D eigenvalue weighted by molar-refractivity contribution is -0.137. The largest absolute Gasteiger partial charge is 0.416 e. The van der Waals surface area contributed by atoms with Crippen molar-refractivity contribution in [3.05, 3.63) is 17.7 Å². The molecule has 1 N–H and O–H groups in total. The predicted molar refractivity (Wildman–Crippen MR) is 77.7 cm³/mol. The highest BCUT2D eigenvalue weighted by Gasteiger charge is 2.35. The zero-order chi connectivity index (χ0) is 15.8. The first-order valence-electron chi connectivity index (χ1n) is 6.87. The molecule has 1 aliphatic heterocycles. The second-order valence-corrected chi connectivity index (χ2v) is 6.00. The fraction of sp³-hybridized carbons (Fsp3) is 0.643. The molecule has 118 valence electrons. The van der Waals surface area contributed by atoms with Gasteiger partial charge < -0.3 is 10.2 Å². The normalized spacial score (nSPS) is 19.7. The fourth-order valence-corrected chi connectivity index (χ4v) is 2.41. The van der Waals surface area contributed by atoms with Crippen molar-refractivity contribution in [2.75, 3.05) is 43.9 Å². The highest BCUT2D eigenvalue weighted by Crippen LogP contribution is 2.33. The molecule has 0 spiro atoms. The average Bonchev–Trinajstić information content (AvgIpc) is 2.40. The van der Waals surface area contributed by atoms with E-state index in [-0.39, 0.29) is 11.4 Å². The van der Waals surface area contributed by atoms with E-state index < -0.39 is 11.7 Å². The van der Waals surface area contributed by atoms with Crippen molar-refractivity contribution >= 4 is 11.6 Å². The zero-order valence-corrected chi connectivity index (χ0v) is 12.8. The highest BCUT2D eigenvalue weighted by molar-refractivity contribution is 5.51. The lowest BCUT2D eigenvalue weighted by atomic mass is 9.99. The second-order valence-electron chi connectivity index (χ2n) is 6.00. The van der Waals surface area contributed by atoms with Gasteiger partial charge in [-0.3, -0.25) is 4.90 Å². The Morgan fingerprint density at radius 3 is 2.43 bits per heavy atom. The molecule has 1 aromatic rings. The number of anilines is 2. The van der Waals surface area contributed by atoms with E-state index in [9.17, 15) is 13.2 Å². The number of alkyl halides is 3. The van der Waals surface area contributed by atoms with Crippen LogP contribution in [0.15, 0.2) is 12.1 Å². The predicted octanol–water partition coefficient (Wildman–Crippen LogP) is 2.67. The Morgan fingerprint density at radius 2 is 1.90 bits per heavy atom. The summed E-state index contributed by atoms with van der Waals surface area (Å²) < 4.78 is 38.9. The molecule has 1 aromatic heterocycles. The fourth-order valence-electron chi connectivity index (χ4n) is 2.41. The van der Waals surface area contributed by atoms with Gasteiger partial charge in [-0.15, -0.1) is 0 Å². The van der Waals surface area contributed by atoms with E-state index in [1.165, 1.54) is 0 Å². The average molecular weight is 302 g/mol. The standard InChI is InChI=1S/C14H21F3N4/c1-13(2)9-21(6-5-20(13)4)12-8-10(14(15,16)17)7-11(18-3)19-12/h7-8H,5-6,9H2,1-4H3,(H,18,19). The molecule has 0 aromatic carbocycles. The summed E-state index contributed by atoms with van der Waals surface area (Å²) in [5.74, 6) is 0.604. The van der Waals surface area contributed by atoms with E-state index in [2.05, 4.69) is 29.0 Å². The van der Waals surface area contributed by atoms with Crippen molar-refractivity contribution in [2.45, 2.75) is 25.6 Å². The van der Waals surface area contributed by atoms with Crippen LogP contribution in [0.1, 0.15) is 19.4 Å². The summed E-state index contributed by atoms with van der Waals surface area (Å²) >= 11 is 0. The monoisotopic (exact) mass is 302 g/mol. The van der Waals surface area contributed by atoms with Crippen LogP contribution in [0.2, 0.25) is 0 Å². The van der Waals surface area contributed by atoms with E-state index in [0.717, 1.165) is 18.7 Å². The van der Waals surface area contributed by atoms with Crippen LogP contribution in [0.3, 0.4) is 0 Å². The SMILES string of the molecule is CNc1cc(C(F)(F)F)cc(N2CCN(C)C(C)(C)C2)n1. The van der Waals surface area contributed by atoms with Gasteiger partial charge in [0.2, 0.25) is 0 Å². The molecule has 2 heterocycles. The number of pyridine rings is 1. The second kappa shape index (κ2) is 5.36. The number of likely N-dealkylation sites (N-methyl/N-ethyl adjacent to an activating group) is 1. The molecule has 0 radical (unpaired) electrons. The van der Waals surface area contributed by atoms with Crippen LogP contribution in [-0.2, 0) is 6.18 Å². The summed E-state index contributed by atoms with van der Waals surface area (Å²) in [6.07, 6.45) is -4.37. The minimum Gasteiger partial charge on any atom is -0.373 e. The van der Waals surface area contributed by atoms with Crippen molar-refractivity contribution in [2.24, 2.45) is 0 Å². The van der Waals surface area contributed by atoms with Crippen LogP contribution in [0.25, 0.3) is 0 Å². The molecule has 1 fully saturated rings. The molecule has 1 aliphatic rings. The number of rotatable bonds is 2. The van der Waals surface area contributed by atoms with Crippen LogP contribution in [0, 0.1) is 0 Å². The summed E-state index contributed by atoms with van der Waals surface area (Å²) in [4.78, 5) is 8.39. The van der Waals surface area contributed by atoms with Crippen molar-refractivity contribution < 1.29 is 13.2 Å². The minimum atomic E-state index is -4.37. The van der Waals surface area contributed by atoms with Gasteiger partial charge in [0.05, 0.1) is 5.56 Å². The van der Waals surface area contributed by atoms with Crippen LogP contribution >= 0.6 is 0 Å². The van der Waals surface area contributed by atoms with Gasteiger partial charge in [-0.2, -0.15) is 13.2 Å².